The largest absolute Gasteiger partial charge is 0.376 e. The predicted molar refractivity (Wildman–Crippen MR) is 54.3 cm³/mol. The van der Waals surface area contributed by atoms with Gasteiger partial charge in [-0.25, -0.2) is 4.79 Å². The van der Waals surface area contributed by atoms with E-state index in [2.05, 4.69) is 22.9 Å². The lowest BCUT2D eigenvalue weighted by molar-refractivity contribution is 0.0267. The fourth-order valence-corrected chi connectivity index (χ4v) is 1.30. The first kappa shape index (κ1) is 11.3. The highest BCUT2D eigenvalue weighted by Crippen LogP contribution is 1.98. The molecule has 14 heavy (non-hydrogen) atoms. The number of carbonyl (C=O) groups excluding carboxylic acids is 1. The third-order valence-electron chi connectivity index (χ3n) is 2.16. The van der Waals surface area contributed by atoms with E-state index in [0.29, 0.717) is 6.10 Å². The number of hydrogen-bond donors (Lipinski definition) is 3. The summed E-state index contributed by atoms with van der Waals surface area (Å²) in [6.07, 6.45) is 1.61. The number of hydrogen-bond acceptors (Lipinski definition) is 3. The van der Waals surface area contributed by atoms with Crippen molar-refractivity contribution >= 4 is 6.03 Å². The fourth-order valence-electron chi connectivity index (χ4n) is 1.30. The highest BCUT2D eigenvalue weighted by molar-refractivity contribution is 5.75. The van der Waals surface area contributed by atoms with E-state index in [1.165, 1.54) is 0 Å². The lowest BCUT2D eigenvalue weighted by atomic mass is 10.2. The Morgan fingerprint density at radius 2 is 2.07 bits per heavy atom. The second-order valence-corrected chi connectivity index (χ2v) is 3.29. The van der Waals surface area contributed by atoms with Crippen molar-refractivity contribution in [3.63, 3.8) is 0 Å². The molecular formula is C9H19N3O2. The topological polar surface area (TPSA) is 62.4 Å². The summed E-state index contributed by atoms with van der Waals surface area (Å²) < 4.78 is 5.36. The average molecular weight is 201 g/mol. The Hall–Kier alpha value is -0.810. The van der Waals surface area contributed by atoms with Crippen LogP contribution in [0.3, 0.4) is 0 Å². The molecule has 0 radical (unpaired) electrons. The zero-order valence-electron chi connectivity index (χ0n) is 8.64. The first-order valence-electron chi connectivity index (χ1n) is 5.17. The van der Waals surface area contributed by atoms with Gasteiger partial charge in [-0.3, -0.25) is 0 Å². The van der Waals surface area contributed by atoms with Crippen LogP contribution in [0.5, 0.6) is 0 Å². The molecule has 2 saturated heterocycles. The Morgan fingerprint density at radius 3 is 2.36 bits per heavy atom. The first-order chi connectivity index (χ1) is 6.83. The summed E-state index contributed by atoms with van der Waals surface area (Å²) in [6.45, 7) is 6.65. The van der Waals surface area contributed by atoms with Gasteiger partial charge in [0.05, 0.1) is 12.7 Å². The Bertz CT molecular complexity index is 161. The van der Waals surface area contributed by atoms with E-state index in [0.717, 1.165) is 39.2 Å². The van der Waals surface area contributed by atoms with Gasteiger partial charge in [0.1, 0.15) is 0 Å². The van der Waals surface area contributed by atoms with Crippen LogP contribution in [0.4, 0.5) is 4.79 Å². The number of ether oxygens (including phenoxy) is 1. The number of morpholine rings is 1. The van der Waals surface area contributed by atoms with Crippen LogP contribution in [0.15, 0.2) is 0 Å². The van der Waals surface area contributed by atoms with Gasteiger partial charge in [-0.1, -0.05) is 6.92 Å². The number of carbonyl (C=O) groups is 1. The van der Waals surface area contributed by atoms with Gasteiger partial charge < -0.3 is 20.7 Å². The van der Waals surface area contributed by atoms with Crippen molar-refractivity contribution in [3.8, 4) is 0 Å². The van der Waals surface area contributed by atoms with E-state index in [1.54, 1.807) is 0 Å². The molecule has 1 atom stereocenters. The van der Waals surface area contributed by atoms with E-state index in [-0.39, 0.29) is 6.03 Å². The molecule has 0 bridgehead atoms. The normalized spacial score (nSPS) is 25.8. The van der Waals surface area contributed by atoms with Crippen LogP contribution < -0.4 is 16.0 Å². The van der Waals surface area contributed by atoms with Crippen molar-refractivity contribution < 1.29 is 9.53 Å². The van der Waals surface area contributed by atoms with Crippen molar-refractivity contribution in [2.45, 2.75) is 19.4 Å². The zero-order valence-corrected chi connectivity index (χ0v) is 8.64. The van der Waals surface area contributed by atoms with Crippen LogP contribution in [0.1, 0.15) is 13.3 Å². The molecule has 0 aliphatic carbocycles. The molecule has 2 heterocycles. The summed E-state index contributed by atoms with van der Waals surface area (Å²) in [7, 11) is 0. The lowest BCUT2D eigenvalue weighted by Crippen LogP contribution is -2.37. The van der Waals surface area contributed by atoms with Gasteiger partial charge in [0.2, 0.25) is 0 Å². The standard InChI is InChI=1S/C6H13NO.C3H6N2O/c1-2-6-5-7-3-4-8-6;6-3-4-1-2-5-3/h6-7H,2-5H2,1H3;1-2H2,(H2,4,5,6). The Balaban J connectivity index is 0.000000146. The summed E-state index contributed by atoms with van der Waals surface area (Å²) in [6, 6.07) is -0.0463. The van der Waals surface area contributed by atoms with E-state index >= 15 is 0 Å². The summed E-state index contributed by atoms with van der Waals surface area (Å²) >= 11 is 0. The van der Waals surface area contributed by atoms with Crippen molar-refractivity contribution in [1.82, 2.24) is 16.0 Å². The highest BCUT2D eigenvalue weighted by atomic mass is 16.5. The molecule has 5 nitrogen and oxygen atoms in total. The van der Waals surface area contributed by atoms with Crippen molar-refractivity contribution in [2.75, 3.05) is 32.8 Å². The maximum absolute atomic E-state index is 10.0. The molecule has 0 saturated carbocycles. The van der Waals surface area contributed by atoms with Crippen LogP contribution in [0.2, 0.25) is 0 Å². The molecule has 3 N–H and O–H groups in total. The molecule has 2 amide bonds. The molecular weight excluding hydrogens is 182 g/mol. The molecule has 0 spiro atoms. The van der Waals surface area contributed by atoms with Gasteiger partial charge in [-0.05, 0) is 6.42 Å². The minimum absolute atomic E-state index is 0.0463. The van der Waals surface area contributed by atoms with Crippen LogP contribution in [-0.4, -0.2) is 44.9 Å². The van der Waals surface area contributed by atoms with Gasteiger partial charge in [0.15, 0.2) is 0 Å². The summed E-state index contributed by atoms with van der Waals surface area (Å²) in [5.74, 6) is 0. The monoisotopic (exact) mass is 201 g/mol. The minimum atomic E-state index is -0.0463. The van der Waals surface area contributed by atoms with Gasteiger partial charge in [0.25, 0.3) is 0 Å². The predicted octanol–water partition coefficient (Wildman–Crippen LogP) is -0.316. The molecule has 2 aliphatic heterocycles. The molecule has 0 aromatic carbocycles. The molecule has 82 valence electrons. The van der Waals surface area contributed by atoms with Crippen molar-refractivity contribution in [1.29, 1.82) is 0 Å². The number of rotatable bonds is 1. The smallest absolute Gasteiger partial charge is 0.314 e. The maximum Gasteiger partial charge on any atom is 0.314 e. The van der Waals surface area contributed by atoms with E-state index in [4.69, 9.17) is 4.74 Å². The molecule has 2 aliphatic rings. The number of nitrogens with one attached hydrogen (secondary N) is 3. The van der Waals surface area contributed by atoms with Gasteiger partial charge in [0, 0.05) is 26.2 Å². The summed E-state index contributed by atoms with van der Waals surface area (Å²) in [5, 5.41) is 8.40. The van der Waals surface area contributed by atoms with Crippen LogP contribution in [-0.2, 0) is 4.74 Å². The van der Waals surface area contributed by atoms with Crippen LogP contribution in [0.25, 0.3) is 0 Å². The van der Waals surface area contributed by atoms with E-state index in [1.807, 2.05) is 0 Å². The second kappa shape index (κ2) is 6.62. The van der Waals surface area contributed by atoms with Crippen molar-refractivity contribution in [2.24, 2.45) is 0 Å². The third kappa shape index (κ3) is 4.43. The van der Waals surface area contributed by atoms with Gasteiger partial charge >= 0.3 is 6.03 Å². The van der Waals surface area contributed by atoms with Gasteiger partial charge in [-0.15, -0.1) is 0 Å². The Kier molecular flexibility index (Phi) is 5.32. The fraction of sp³-hybridized carbons (Fsp3) is 0.889. The highest BCUT2D eigenvalue weighted by Gasteiger charge is 2.08. The number of urea groups is 1. The lowest BCUT2D eigenvalue weighted by Gasteiger charge is -2.21. The second-order valence-electron chi connectivity index (χ2n) is 3.29. The summed E-state index contributed by atoms with van der Waals surface area (Å²) in [4.78, 5) is 10.0. The molecule has 0 aromatic heterocycles. The average Bonchev–Trinajstić information content (AvgIpc) is 2.71. The van der Waals surface area contributed by atoms with E-state index < -0.39 is 0 Å². The minimum Gasteiger partial charge on any atom is -0.376 e. The Morgan fingerprint density at radius 1 is 1.36 bits per heavy atom. The maximum atomic E-state index is 10.0. The molecule has 2 rings (SSSR count). The SMILES string of the molecule is CCC1CNCCO1.O=C1NCCN1. The van der Waals surface area contributed by atoms with Crippen LogP contribution >= 0.6 is 0 Å². The van der Waals surface area contributed by atoms with Gasteiger partial charge in [-0.2, -0.15) is 0 Å². The molecule has 0 aromatic rings. The van der Waals surface area contributed by atoms with Crippen LogP contribution in [0, 0.1) is 0 Å². The number of amides is 2. The molecule has 1 unspecified atom stereocenters. The molecule has 5 heteroatoms. The summed E-state index contributed by atoms with van der Waals surface area (Å²) in [5.41, 5.74) is 0. The zero-order chi connectivity index (χ0) is 10.2. The quantitative estimate of drug-likeness (QED) is 0.545. The van der Waals surface area contributed by atoms with E-state index in [9.17, 15) is 4.79 Å². The third-order valence-corrected chi connectivity index (χ3v) is 2.16. The molecule has 2 fully saturated rings. The first-order valence-corrected chi connectivity index (χ1v) is 5.17. The Labute approximate surface area is 84.6 Å². The van der Waals surface area contributed by atoms with Crippen molar-refractivity contribution in [3.05, 3.63) is 0 Å².